The number of pyridine rings is 2. The first-order valence-electron chi connectivity index (χ1n) is 19.5. The number of carbonyl (C=O) groups is 4. The molecule has 2 aromatic carbocycles. The number of nitrogens with zero attached hydrogens (tertiary/aromatic N) is 6. The predicted octanol–water partition coefficient (Wildman–Crippen LogP) is 3.85. The molecule has 0 radical (unpaired) electrons. The number of hydrogen-bond acceptors (Lipinski definition) is 10. The summed E-state index contributed by atoms with van der Waals surface area (Å²) in [4.78, 5) is 71.3. The van der Waals surface area contributed by atoms with Crippen LogP contribution >= 0.6 is 0 Å². The Morgan fingerprint density at radius 2 is 0.879 bits per heavy atom. The molecule has 0 unspecified atom stereocenters. The van der Waals surface area contributed by atoms with Gasteiger partial charge < -0.3 is 31.5 Å². The van der Waals surface area contributed by atoms with Crippen molar-refractivity contribution in [1.82, 2.24) is 29.6 Å². The lowest BCUT2D eigenvalue weighted by Crippen LogP contribution is -2.65. The molecule has 2 aromatic heterocycles. The molecular formula is C44H58N8O6. The van der Waals surface area contributed by atoms with Gasteiger partial charge in [0.1, 0.15) is 12.2 Å². The van der Waals surface area contributed by atoms with Crippen molar-refractivity contribution < 1.29 is 29.4 Å². The lowest BCUT2D eigenvalue weighted by atomic mass is 9.88. The molecule has 310 valence electrons. The van der Waals surface area contributed by atoms with Crippen LogP contribution in [0.15, 0.2) is 109 Å². The number of benzene rings is 2. The number of nitrogens with two attached hydrogens (primary N) is 2. The maximum Gasteiger partial charge on any atom is 0.327 e. The topological polar surface area (TPSA) is 200 Å². The van der Waals surface area contributed by atoms with Crippen molar-refractivity contribution in [1.29, 1.82) is 0 Å². The number of amides is 6. The van der Waals surface area contributed by atoms with Gasteiger partial charge in [-0.15, -0.1) is 0 Å². The summed E-state index contributed by atoms with van der Waals surface area (Å²) < 4.78 is 0. The Balaban J connectivity index is 1.89. The second-order valence-corrected chi connectivity index (χ2v) is 15.4. The maximum atomic E-state index is 14.6. The standard InChI is InChI=1S/C44H58N8O6/c1-29(2)37(45)41(55)51(43(57)49(5)27-33-21-13-15-23-47-33)35(25-31-17-9-7-10-18-31)39(53)40(54)36(26-32-19-11-8-12-20-32)52(42(56)38(46)30(3)4)44(58)50(6)28-34-22-14-16-24-48-34/h7-24,29-30,35-40,53-54H,25-28,45-46H2,1-6H3/t35-,36-,37-,38-,39+,40+/m0/s1. The van der Waals surface area contributed by atoms with E-state index in [0.717, 1.165) is 9.80 Å². The highest BCUT2D eigenvalue weighted by molar-refractivity contribution is 5.98. The highest BCUT2D eigenvalue weighted by Gasteiger charge is 2.47. The molecule has 6 atom stereocenters. The summed E-state index contributed by atoms with van der Waals surface area (Å²) in [5.74, 6) is -2.37. The molecule has 4 aromatic rings. The van der Waals surface area contributed by atoms with Crippen LogP contribution in [-0.4, -0.2) is 114 Å². The van der Waals surface area contributed by atoms with Gasteiger partial charge in [-0.2, -0.15) is 0 Å². The Bertz CT molecular complexity index is 1770. The van der Waals surface area contributed by atoms with E-state index in [2.05, 4.69) is 9.97 Å². The summed E-state index contributed by atoms with van der Waals surface area (Å²) >= 11 is 0. The van der Waals surface area contributed by atoms with Crippen LogP contribution in [-0.2, 0) is 35.5 Å². The SMILES string of the molecule is CC(C)[C@H](N)C(=O)N(C(=O)N(C)Cc1ccccn1)[C@@H](Cc1ccccc1)[C@@H](O)[C@H](O)[C@H](Cc1ccccc1)N(C(=O)[C@@H](N)C(C)C)C(=O)N(C)Cc1ccccn1. The Morgan fingerprint density at radius 3 is 1.17 bits per heavy atom. The van der Waals surface area contributed by atoms with Crippen LogP contribution in [0.4, 0.5) is 9.59 Å². The van der Waals surface area contributed by atoms with Gasteiger partial charge >= 0.3 is 12.1 Å². The van der Waals surface area contributed by atoms with E-state index in [1.807, 2.05) is 0 Å². The van der Waals surface area contributed by atoms with Crippen LogP contribution in [0, 0.1) is 11.8 Å². The summed E-state index contributed by atoms with van der Waals surface area (Å²) in [5, 5.41) is 25.2. The zero-order chi connectivity index (χ0) is 42.5. The molecule has 6 amide bonds. The molecule has 4 rings (SSSR count). The Labute approximate surface area is 341 Å². The zero-order valence-electron chi connectivity index (χ0n) is 34.2. The monoisotopic (exact) mass is 794 g/mol. The third kappa shape index (κ3) is 11.8. The van der Waals surface area contributed by atoms with Gasteiger partial charge in [0.15, 0.2) is 0 Å². The second-order valence-electron chi connectivity index (χ2n) is 15.4. The van der Waals surface area contributed by atoms with Crippen LogP contribution in [0.25, 0.3) is 0 Å². The second kappa shape index (κ2) is 21.3. The number of aliphatic hydroxyl groups is 2. The van der Waals surface area contributed by atoms with Crippen molar-refractivity contribution >= 4 is 23.9 Å². The number of imide groups is 2. The third-order valence-corrected chi connectivity index (χ3v) is 10.2. The highest BCUT2D eigenvalue weighted by atomic mass is 16.3. The first-order chi connectivity index (χ1) is 27.6. The van der Waals surface area contributed by atoms with Gasteiger partial charge in [0.25, 0.3) is 0 Å². The molecule has 6 N–H and O–H groups in total. The summed E-state index contributed by atoms with van der Waals surface area (Å²) in [5.41, 5.74) is 15.3. The first kappa shape index (κ1) is 45.2. The fourth-order valence-electron chi connectivity index (χ4n) is 6.56. The van der Waals surface area contributed by atoms with E-state index in [0.29, 0.717) is 22.5 Å². The normalized spacial score (nSPS) is 14.5. The summed E-state index contributed by atoms with van der Waals surface area (Å²) in [6, 6.07) is 21.5. The number of urea groups is 2. The summed E-state index contributed by atoms with van der Waals surface area (Å²) in [6.45, 7) is 6.99. The van der Waals surface area contributed by atoms with E-state index < -0.39 is 72.1 Å². The molecule has 2 heterocycles. The average molecular weight is 795 g/mol. The van der Waals surface area contributed by atoms with Crippen molar-refractivity contribution in [3.63, 3.8) is 0 Å². The van der Waals surface area contributed by atoms with E-state index in [1.54, 1.807) is 137 Å². The van der Waals surface area contributed by atoms with E-state index >= 15 is 0 Å². The Hall–Kier alpha value is -5.54. The van der Waals surface area contributed by atoms with E-state index in [-0.39, 0.29) is 25.9 Å². The van der Waals surface area contributed by atoms with Crippen LogP contribution < -0.4 is 11.5 Å². The van der Waals surface area contributed by atoms with Gasteiger partial charge in [-0.3, -0.25) is 29.4 Å². The molecule has 0 aliphatic carbocycles. The van der Waals surface area contributed by atoms with Gasteiger partial charge in [-0.05, 0) is 60.1 Å². The molecule has 58 heavy (non-hydrogen) atoms. The van der Waals surface area contributed by atoms with Gasteiger partial charge in [0.2, 0.25) is 11.8 Å². The molecule has 0 aliphatic heterocycles. The molecule has 14 nitrogen and oxygen atoms in total. The fourth-order valence-corrected chi connectivity index (χ4v) is 6.56. The highest BCUT2D eigenvalue weighted by Crippen LogP contribution is 2.26. The molecule has 0 saturated carbocycles. The van der Waals surface area contributed by atoms with Gasteiger partial charge in [-0.1, -0.05) is 100 Å². The smallest absolute Gasteiger partial charge is 0.327 e. The van der Waals surface area contributed by atoms with Crippen molar-refractivity contribution in [2.45, 2.75) is 90.0 Å². The summed E-state index contributed by atoms with van der Waals surface area (Å²) in [6.07, 6.45) is -0.894. The van der Waals surface area contributed by atoms with Gasteiger partial charge in [-0.25, -0.2) is 9.59 Å². The van der Waals surface area contributed by atoms with Crippen LogP contribution in [0.3, 0.4) is 0 Å². The number of aliphatic hydroxyl groups excluding tert-OH is 2. The van der Waals surface area contributed by atoms with E-state index in [9.17, 15) is 29.4 Å². The van der Waals surface area contributed by atoms with Crippen LogP contribution in [0.5, 0.6) is 0 Å². The molecule has 0 bridgehead atoms. The molecule has 0 spiro atoms. The summed E-state index contributed by atoms with van der Waals surface area (Å²) in [7, 11) is 3.01. The van der Waals surface area contributed by atoms with Gasteiger partial charge in [0, 0.05) is 26.5 Å². The van der Waals surface area contributed by atoms with Gasteiger partial charge in [0.05, 0.1) is 48.6 Å². The Kier molecular flexibility index (Phi) is 16.6. The lowest BCUT2D eigenvalue weighted by Gasteiger charge is -2.43. The van der Waals surface area contributed by atoms with E-state index in [4.69, 9.17) is 11.5 Å². The Morgan fingerprint density at radius 1 is 0.552 bits per heavy atom. The van der Waals surface area contributed by atoms with Crippen molar-refractivity contribution in [2.24, 2.45) is 23.3 Å². The number of carbonyl (C=O) groups excluding carboxylic acids is 4. The van der Waals surface area contributed by atoms with Crippen LogP contribution in [0.1, 0.15) is 50.2 Å². The van der Waals surface area contributed by atoms with Crippen molar-refractivity contribution in [3.8, 4) is 0 Å². The third-order valence-electron chi connectivity index (χ3n) is 10.2. The van der Waals surface area contributed by atoms with Crippen LogP contribution in [0.2, 0.25) is 0 Å². The van der Waals surface area contributed by atoms with Crippen molar-refractivity contribution in [3.05, 3.63) is 132 Å². The zero-order valence-corrected chi connectivity index (χ0v) is 34.2. The number of hydrogen-bond donors (Lipinski definition) is 4. The minimum Gasteiger partial charge on any atom is -0.388 e. The maximum absolute atomic E-state index is 14.6. The molecule has 0 aliphatic rings. The first-order valence-corrected chi connectivity index (χ1v) is 19.5. The fraction of sp³-hybridized carbons (Fsp3) is 0.409. The number of rotatable bonds is 17. The largest absolute Gasteiger partial charge is 0.388 e. The van der Waals surface area contributed by atoms with E-state index in [1.165, 1.54) is 23.9 Å². The molecule has 0 fully saturated rings. The lowest BCUT2D eigenvalue weighted by molar-refractivity contribution is -0.143. The van der Waals surface area contributed by atoms with Crippen molar-refractivity contribution in [2.75, 3.05) is 14.1 Å². The molecular weight excluding hydrogens is 737 g/mol. The quantitative estimate of drug-likeness (QED) is 0.122. The number of aromatic nitrogens is 2. The molecule has 14 heteroatoms. The predicted molar refractivity (Wildman–Crippen MR) is 221 cm³/mol. The molecule has 0 saturated heterocycles. The minimum absolute atomic E-state index is 0.0141. The average Bonchev–Trinajstić information content (AvgIpc) is 3.23. The minimum atomic E-state index is -1.93.